The fraction of sp³-hybridized carbons (Fsp3) is 0.882. The summed E-state index contributed by atoms with van der Waals surface area (Å²) in [5.74, 6) is 1.29. The van der Waals surface area contributed by atoms with Gasteiger partial charge in [0.2, 0.25) is 5.91 Å². The van der Waals surface area contributed by atoms with Gasteiger partial charge in [0.25, 0.3) is 0 Å². The largest absolute Gasteiger partial charge is 0.378 e. The van der Waals surface area contributed by atoms with Crippen LogP contribution in [-0.4, -0.2) is 41.9 Å². The number of likely N-dealkylation sites (tertiary alicyclic amines) is 1. The summed E-state index contributed by atoms with van der Waals surface area (Å²) in [6.45, 7) is 3.64. The van der Waals surface area contributed by atoms with Crippen LogP contribution in [0.5, 0.6) is 0 Å². The highest BCUT2D eigenvalue weighted by Gasteiger charge is 2.41. The summed E-state index contributed by atoms with van der Waals surface area (Å²) < 4.78 is 5.56. The minimum Gasteiger partial charge on any atom is -0.378 e. The number of carbonyl (C=O) groups is 2. The Balaban J connectivity index is 1.51. The topological polar surface area (TPSA) is 46.6 Å². The molecule has 1 aliphatic heterocycles. The van der Waals surface area contributed by atoms with Crippen LogP contribution in [0.3, 0.4) is 0 Å². The fourth-order valence-corrected chi connectivity index (χ4v) is 4.35. The maximum absolute atomic E-state index is 12.6. The van der Waals surface area contributed by atoms with Crippen LogP contribution >= 0.6 is 0 Å². The van der Waals surface area contributed by atoms with Gasteiger partial charge in [-0.05, 0) is 51.4 Å². The smallest absolute Gasteiger partial charge is 0.223 e. The summed E-state index contributed by atoms with van der Waals surface area (Å²) in [5.41, 5.74) is 0. The molecule has 21 heavy (non-hydrogen) atoms. The van der Waals surface area contributed by atoms with Gasteiger partial charge in [-0.2, -0.15) is 0 Å². The van der Waals surface area contributed by atoms with Crippen molar-refractivity contribution < 1.29 is 14.3 Å². The minimum absolute atomic E-state index is 0.133. The van der Waals surface area contributed by atoms with Crippen LogP contribution in [0.4, 0.5) is 0 Å². The van der Waals surface area contributed by atoms with E-state index < -0.39 is 0 Å². The molecule has 2 saturated carbocycles. The van der Waals surface area contributed by atoms with Gasteiger partial charge in [0.1, 0.15) is 5.78 Å². The summed E-state index contributed by atoms with van der Waals surface area (Å²) in [5, 5.41) is 0. The molecule has 1 heterocycles. The average molecular weight is 293 g/mol. The molecule has 0 spiro atoms. The summed E-state index contributed by atoms with van der Waals surface area (Å²) in [7, 11) is 0. The first-order valence-electron chi connectivity index (χ1n) is 8.62. The Morgan fingerprint density at radius 1 is 1.29 bits per heavy atom. The highest BCUT2D eigenvalue weighted by atomic mass is 16.5. The number of Topliss-reactive ketones (excluding diaryl/α,β-unsaturated/α-hetero) is 1. The van der Waals surface area contributed by atoms with Crippen molar-refractivity contribution >= 4 is 11.7 Å². The third-order valence-electron chi connectivity index (χ3n) is 5.49. The number of rotatable bonds is 5. The average Bonchev–Trinajstić information content (AvgIpc) is 3.04. The zero-order chi connectivity index (χ0) is 14.8. The highest BCUT2D eigenvalue weighted by Crippen LogP contribution is 2.37. The monoisotopic (exact) mass is 293 g/mol. The van der Waals surface area contributed by atoms with E-state index in [4.69, 9.17) is 4.74 Å². The van der Waals surface area contributed by atoms with E-state index in [2.05, 4.69) is 0 Å². The molecule has 3 aliphatic rings. The summed E-state index contributed by atoms with van der Waals surface area (Å²) in [6.07, 6.45) is 7.90. The first-order chi connectivity index (χ1) is 10.2. The molecule has 0 N–H and O–H groups in total. The van der Waals surface area contributed by atoms with Crippen molar-refractivity contribution in [3.05, 3.63) is 0 Å². The minimum atomic E-state index is 0.133. The maximum Gasteiger partial charge on any atom is 0.223 e. The van der Waals surface area contributed by atoms with Crippen molar-refractivity contribution in [3.8, 4) is 0 Å². The molecule has 2 aliphatic carbocycles. The van der Waals surface area contributed by atoms with Crippen molar-refractivity contribution in [1.82, 2.24) is 4.90 Å². The van der Waals surface area contributed by atoms with Gasteiger partial charge in [-0.3, -0.25) is 9.59 Å². The van der Waals surface area contributed by atoms with Crippen molar-refractivity contribution in [2.45, 2.75) is 70.4 Å². The Morgan fingerprint density at radius 2 is 2.10 bits per heavy atom. The Labute approximate surface area is 127 Å². The molecule has 0 bridgehead atoms. The third-order valence-corrected chi connectivity index (χ3v) is 5.49. The molecule has 2 unspecified atom stereocenters. The molecular weight excluding hydrogens is 266 g/mol. The van der Waals surface area contributed by atoms with Gasteiger partial charge in [-0.15, -0.1) is 0 Å². The highest BCUT2D eigenvalue weighted by molar-refractivity contribution is 5.85. The quantitative estimate of drug-likeness (QED) is 0.782. The molecule has 0 aromatic carbocycles. The number of amides is 1. The molecule has 0 aromatic heterocycles. The van der Waals surface area contributed by atoms with Gasteiger partial charge in [0.15, 0.2) is 0 Å². The van der Waals surface area contributed by atoms with Crippen molar-refractivity contribution in [1.29, 1.82) is 0 Å². The predicted molar refractivity (Wildman–Crippen MR) is 79.8 cm³/mol. The molecule has 3 rings (SSSR count). The second-order valence-electron chi connectivity index (χ2n) is 6.88. The van der Waals surface area contributed by atoms with Gasteiger partial charge in [-0.25, -0.2) is 0 Å². The van der Waals surface area contributed by atoms with Crippen LogP contribution in [0, 0.1) is 11.8 Å². The van der Waals surface area contributed by atoms with Crippen molar-refractivity contribution in [3.63, 3.8) is 0 Å². The molecule has 3 fully saturated rings. The Hall–Kier alpha value is -0.900. The van der Waals surface area contributed by atoms with Gasteiger partial charge in [0, 0.05) is 38.0 Å². The normalized spacial score (nSPS) is 36.0. The van der Waals surface area contributed by atoms with Gasteiger partial charge < -0.3 is 9.64 Å². The van der Waals surface area contributed by atoms with E-state index in [1.165, 1.54) is 0 Å². The van der Waals surface area contributed by atoms with E-state index in [1.807, 2.05) is 11.8 Å². The molecular formula is C17H27NO3. The van der Waals surface area contributed by atoms with Gasteiger partial charge in [-0.1, -0.05) is 0 Å². The van der Waals surface area contributed by atoms with E-state index in [0.717, 1.165) is 58.1 Å². The number of nitrogens with zero attached hydrogens (tertiary/aromatic N) is 1. The molecule has 118 valence electrons. The first kappa shape index (κ1) is 15.0. The maximum atomic E-state index is 12.6. The lowest BCUT2D eigenvalue weighted by atomic mass is 9.79. The number of carbonyl (C=O) groups excluding carboxylic acids is 2. The summed E-state index contributed by atoms with van der Waals surface area (Å²) in [4.78, 5) is 26.6. The SMILES string of the molecule is CCOC1CC(CC(=O)N2CCCC2C2CCCC2=O)C1. The Bertz CT molecular complexity index is 403. The predicted octanol–water partition coefficient (Wildman–Crippen LogP) is 2.55. The molecule has 4 nitrogen and oxygen atoms in total. The lowest BCUT2D eigenvalue weighted by Gasteiger charge is -2.36. The molecule has 0 radical (unpaired) electrons. The summed E-state index contributed by atoms with van der Waals surface area (Å²) >= 11 is 0. The van der Waals surface area contributed by atoms with Crippen LogP contribution in [-0.2, 0) is 14.3 Å². The van der Waals surface area contributed by atoms with E-state index in [1.54, 1.807) is 0 Å². The summed E-state index contributed by atoms with van der Waals surface area (Å²) in [6, 6.07) is 0.204. The molecule has 2 atom stereocenters. The van der Waals surface area contributed by atoms with Crippen LogP contribution < -0.4 is 0 Å². The lowest BCUT2D eigenvalue weighted by Crippen LogP contribution is -2.43. The van der Waals surface area contributed by atoms with Crippen LogP contribution in [0.25, 0.3) is 0 Å². The standard InChI is InChI=1S/C17H27NO3/c1-2-21-13-9-12(10-13)11-17(20)18-8-4-6-15(18)14-5-3-7-16(14)19/h12-15H,2-11H2,1H3. The second-order valence-corrected chi connectivity index (χ2v) is 6.88. The zero-order valence-electron chi connectivity index (χ0n) is 13.1. The van der Waals surface area contributed by atoms with Crippen LogP contribution in [0.2, 0.25) is 0 Å². The van der Waals surface area contributed by atoms with E-state index in [9.17, 15) is 9.59 Å². The third kappa shape index (κ3) is 3.15. The van der Waals surface area contributed by atoms with Gasteiger partial charge >= 0.3 is 0 Å². The molecule has 1 saturated heterocycles. The Morgan fingerprint density at radius 3 is 2.76 bits per heavy atom. The number of hydrogen-bond donors (Lipinski definition) is 0. The number of hydrogen-bond acceptors (Lipinski definition) is 3. The van der Waals surface area contributed by atoms with Crippen LogP contribution in [0.15, 0.2) is 0 Å². The molecule has 1 amide bonds. The van der Waals surface area contributed by atoms with E-state index in [-0.39, 0.29) is 17.9 Å². The molecule has 0 aromatic rings. The number of ether oxygens (including phenoxy) is 1. The zero-order valence-corrected chi connectivity index (χ0v) is 13.1. The lowest BCUT2D eigenvalue weighted by molar-refractivity contribution is -0.137. The molecule has 4 heteroatoms. The second kappa shape index (κ2) is 6.47. The van der Waals surface area contributed by atoms with Crippen molar-refractivity contribution in [2.24, 2.45) is 11.8 Å². The van der Waals surface area contributed by atoms with Crippen LogP contribution in [0.1, 0.15) is 58.3 Å². The number of ketones is 1. The fourth-order valence-electron chi connectivity index (χ4n) is 4.35. The van der Waals surface area contributed by atoms with E-state index in [0.29, 0.717) is 24.2 Å². The first-order valence-corrected chi connectivity index (χ1v) is 8.62. The van der Waals surface area contributed by atoms with Gasteiger partial charge in [0.05, 0.1) is 6.10 Å². The Kier molecular flexibility index (Phi) is 4.63. The van der Waals surface area contributed by atoms with Crippen molar-refractivity contribution in [2.75, 3.05) is 13.2 Å². The van der Waals surface area contributed by atoms with E-state index >= 15 is 0 Å².